The number of halogens is 1. The molecule has 0 unspecified atom stereocenters. The van der Waals surface area contributed by atoms with Gasteiger partial charge in [0.1, 0.15) is 11.2 Å². The maximum Gasteiger partial charge on any atom is 0.410 e. The van der Waals surface area contributed by atoms with Gasteiger partial charge in [-0.3, -0.25) is 4.90 Å². The van der Waals surface area contributed by atoms with Crippen LogP contribution < -0.4 is 0 Å². The molecule has 1 aromatic carbocycles. The van der Waals surface area contributed by atoms with Crippen molar-refractivity contribution in [1.29, 1.82) is 0 Å². The fourth-order valence-corrected chi connectivity index (χ4v) is 4.94. The minimum atomic E-state index is -0.454. The number of carbonyl (C=O) groups is 1. The van der Waals surface area contributed by atoms with Gasteiger partial charge in [-0.15, -0.1) is 0 Å². The molecule has 3 rings (SSSR count). The fourth-order valence-electron chi connectivity index (χ4n) is 4.68. The fraction of sp³-hybridized carbons (Fsp3) is 0.704. The molecule has 0 atom stereocenters. The summed E-state index contributed by atoms with van der Waals surface area (Å²) in [5, 5.41) is 4.66. The van der Waals surface area contributed by atoms with Crippen molar-refractivity contribution < 1.29 is 14.4 Å². The second-order valence-corrected chi connectivity index (χ2v) is 12.8. The predicted octanol–water partition coefficient (Wildman–Crippen LogP) is 6.47. The molecule has 2 heterocycles. The Hall–Kier alpha value is -1.60. The molecule has 1 amide bonds. The number of rotatable bonds is 4. The Kier molecular flexibility index (Phi) is 8.39. The minimum absolute atomic E-state index is 0.111. The zero-order chi connectivity index (χ0) is 25.1. The van der Waals surface area contributed by atoms with Crippen LogP contribution in [-0.2, 0) is 9.57 Å². The molecule has 190 valence electrons. The number of amides is 1. The lowest BCUT2D eigenvalue weighted by atomic mass is 9.82. The molecule has 2 fully saturated rings. The lowest BCUT2D eigenvalue weighted by Gasteiger charge is -2.49. The van der Waals surface area contributed by atoms with Crippen molar-refractivity contribution in [2.75, 3.05) is 26.2 Å². The van der Waals surface area contributed by atoms with Crippen LogP contribution in [0.15, 0.2) is 33.9 Å². The molecule has 2 aliphatic heterocycles. The number of nitrogens with zero attached hydrogens (tertiary/aromatic N) is 3. The molecule has 2 aliphatic rings. The van der Waals surface area contributed by atoms with Crippen molar-refractivity contribution in [3.63, 3.8) is 0 Å². The molecule has 2 saturated heterocycles. The van der Waals surface area contributed by atoms with Gasteiger partial charge in [0.2, 0.25) is 0 Å². The van der Waals surface area contributed by atoms with E-state index in [9.17, 15) is 4.79 Å². The van der Waals surface area contributed by atoms with Crippen molar-refractivity contribution in [2.45, 2.75) is 90.9 Å². The first-order valence-electron chi connectivity index (χ1n) is 12.5. The molecule has 7 heteroatoms. The summed E-state index contributed by atoms with van der Waals surface area (Å²) in [6.45, 7) is 17.7. The van der Waals surface area contributed by atoms with Crippen LogP contribution >= 0.6 is 15.9 Å². The normalized spacial score (nSPS) is 20.8. The van der Waals surface area contributed by atoms with E-state index in [0.29, 0.717) is 5.92 Å². The van der Waals surface area contributed by atoms with Gasteiger partial charge in [-0.1, -0.05) is 33.2 Å². The van der Waals surface area contributed by atoms with Gasteiger partial charge < -0.3 is 14.5 Å². The monoisotopic (exact) mass is 535 g/mol. The quantitative estimate of drug-likeness (QED) is 0.327. The Balaban J connectivity index is 1.62. The highest BCUT2D eigenvalue weighted by Crippen LogP contribution is 2.34. The molecule has 34 heavy (non-hydrogen) atoms. The average molecular weight is 537 g/mol. The van der Waals surface area contributed by atoms with Gasteiger partial charge in [-0.2, -0.15) is 0 Å². The summed E-state index contributed by atoms with van der Waals surface area (Å²) >= 11 is 3.54. The molecular formula is C27H42BrN3O3. The van der Waals surface area contributed by atoms with E-state index in [1.165, 1.54) is 0 Å². The van der Waals surface area contributed by atoms with Crippen molar-refractivity contribution in [1.82, 2.24) is 9.80 Å². The first kappa shape index (κ1) is 27.0. The van der Waals surface area contributed by atoms with Crippen LogP contribution in [-0.4, -0.2) is 64.5 Å². The summed E-state index contributed by atoms with van der Waals surface area (Å²) in [5.41, 5.74) is 1.51. The van der Waals surface area contributed by atoms with E-state index in [2.05, 4.69) is 57.2 Å². The summed E-state index contributed by atoms with van der Waals surface area (Å²) in [6.07, 6.45) is 3.85. The minimum Gasteiger partial charge on any atom is -0.444 e. The zero-order valence-electron chi connectivity index (χ0n) is 22.0. The Morgan fingerprint density at radius 3 is 2.03 bits per heavy atom. The molecule has 0 saturated carbocycles. The van der Waals surface area contributed by atoms with Crippen molar-refractivity contribution >= 4 is 27.7 Å². The van der Waals surface area contributed by atoms with Crippen LogP contribution in [0.1, 0.15) is 79.7 Å². The van der Waals surface area contributed by atoms with E-state index in [1.807, 2.05) is 46.4 Å². The molecular weight excluding hydrogens is 494 g/mol. The number of hydrogen-bond acceptors (Lipinski definition) is 5. The smallest absolute Gasteiger partial charge is 0.410 e. The first-order valence-corrected chi connectivity index (χ1v) is 13.3. The zero-order valence-corrected chi connectivity index (χ0v) is 23.6. The number of benzene rings is 1. The average Bonchev–Trinajstić information content (AvgIpc) is 2.74. The molecule has 0 radical (unpaired) electrons. The highest BCUT2D eigenvalue weighted by Gasteiger charge is 2.40. The van der Waals surface area contributed by atoms with E-state index in [0.717, 1.165) is 67.6 Å². The van der Waals surface area contributed by atoms with Crippen molar-refractivity contribution in [2.24, 2.45) is 11.1 Å². The van der Waals surface area contributed by atoms with Gasteiger partial charge in [0.05, 0.1) is 5.71 Å². The number of piperidine rings is 2. The number of oxime groups is 1. The van der Waals surface area contributed by atoms with E-state index >= 15 is 0 Å². The van der Waals surface area contributed by atoms with E-state index in [1.54, 1.807) is 0 Å². The molecule has 0 aromatic heterocycles. The highest BCUT2D eigenvalue weighted by molar-refractivity contribution is 9.10. The van der Waals surface area contributed by atoms with Crippen molar-refractivity contribution in [3.05, 3.63) is 34.3 Å². The summed E-state index contributed by atoms with van der Waals surface area (Å²) in [6, 6.07) is 8.37. The Bertz CT molecular complexity index is 855. The van der Waals surface area contributed by atoms with Crippen LogP contribution in [0.3, 0.4) is 0 Å². The van der Waals surface area contributed by atoms with Gasteiger partial charge in [-0.25, -0.2) is 4.79 Å². The first-order chi connectivity index (χ1) is 15.8. The number of ether oxygens (including phenoxy) is 1. The summed E-state index contributed by atoms with van der Waals surface area (Å²) in [4.78, 5) is 22.8. The highest BCUT2D eigenvalue weighted by atomic mass is 79.9. The van der Waals surface area contributed by atoms with Crippen molar-refractivity contribution in [3.8, 4) is 0 Å². The Morgan fingerprint density at radius 2 is 1.53 bits per heavy atom. The van der Waals surface area contributed by atoms with Gasteiger partial charge in [-0.05, 0) is 105 Å². The standard InChI is InChI=1S/C27H42BrN3O3/c1-25(2,3)33-24(32)30-18-14-27(7,15-19-30)31-16-12-21(13-17-31)23(29-34-26(4,5)6)20-8-10-22(28)11-9-20/h8-11,21H,12-19H2,1-7H3/b29-23+. The second kappa shape index (κ2) is 10.6. The lowest BCUT2D eigenvalue weighted by Crippen LogP contribution is -2.57. The molecule has 1 aromatic rings. The number of hydrogen-bond donors (Lipinski definition) is 0. The van der Waals surface area contributed by atoms with Crippen LogP contribution in [0.2, 0.25) is 0 Å². The summed E-state index contributed by atoms with van der Waals surface area (Å²) in [5.74, 6) is 0.366. The number of likely N-dealkylation sites (tertiary alicyclic amines) is 2. The third kappa shape index (κ3) is 7.45. The van der Waals surface area contributed by atoms with E-state index in [-0.39, 0.29) is 17.2 Å². The summed E-state index contributed by atoms with van der Waals surface area (Å²) < 4.78 is 6.64. The molecule has 0 bridgehead atoms. The Labute approximate surface area is 214 Å². The lowest BCUT2D eigenvalue weighted by molar-refractivity contribution is -0.00966. The van der Waals surface area contributed by atoms with Gasteiger partial charge >= 0.3 is 6.09 Å². The van der Waals surface area contributed by atoms with Crippen LogP contribution in [0.25, 0.3) is 0 Å². The SMILES string of the molecule is CC(C)(C)O/N=C(\c1ccc(Br)cc1)C1CCN(C2(C)CCN(C(=O)OC(C)(C)C)CC2)CC1. The van der Waals surface area contributed by atoms with Crippen LogP contribution in [0.4, 0.5) is 4.79 Å². The van der Waals surface area contributed by atoms with E-state index in [4.69, 9.17) is 9.57 Å². The topological polar surface area (TPSA) is 54.4 Å². The maximum atomic E-state index is 12.5. The van der Waals surface area contributed by atoms with Gasteiger partial charge in [0, 0.05) is 29.0 Å². The van der Waals surface area contributed by atoms with Crippen LogP contribution in [0, 0.1) is 5.92 Å². The van der Waals surface area contributed by atoms with Crippen LogP contribution in [0.5, 0.6) is 0 Å². The van der Waals surface area contributed by atoms with Gasteiger partial charge in [0.25, 0.3) is 0 Å². The largest absolute Gasteiger partial charge is 0.444 e. The predicted molar refractivity (Wildman–Crippen MR) is 141 cm³/mol. The second-order valence-electron chi connectivity index (χ2n) is 11.9. The van der Waals surface area contributed by atoms with E-state index < -0.39 is 5.60 Å². The number of carbonyl (C=O) groups excluding carboxylic acids is 1. The Morgan fingerprint density at radius 1 is 0.971 bits per heavy atom. The molecule has 6 nitrogen and oxygen atoms in total. The third-order valence-corrected chi connectivity index (χ3v) is 7.22. The summed E-state index contributed by atoms with van der Waals surface area (Å²) in [7, 11) is 0. The molecule has 0 N–H and O–H groups in total. The maximum absolute atomic E-state index is 12.5. The third-order valence-electron chi connectivity index (χ3n) is 6.70. The van der Waals surface area contributed by atoms with Gasteiger partial charge in [0.15, 0.2) is 0 Å². The molecule has 0 spiro atoms. The molecule has 0 aliphatic carbocycles.